The smallest absolute Gasteiger partial charge is 0.475 e. The van der Waals surface area contributed by atoms with E-state index in [1.54, 1.807) is 24.3 Å². The first kappa shape index (κ1) is 19.3. The van der Waals surface area contributed by atoms with Gasteiger partial charge in [0.2, 0.25) is 0 Å². The van der Waals surface area contributed by atoms with Gasteiger partial charge in [-0.2, -0.15) is 0 Å². The van der Waals surface area contributed by atoms with Crippen molar-refractivity contribution in [2.75, 3.05) is 0 Å². The van der Waals surface area contributed by atoms with E-state index in [1.807, 2.05) is 60.7 Å². The summed E-state index contributed by atoms with van der Waals surface area (Å²) >= 11 is 0. The van der Waals surface area contributed by atoms with Crippen LogP contribution in [0.25, 0.3) is 0 Å². The Kier molecular flexibility index (Phi) is 6.80. The highest BCUT2D eigenvalue weighted by atomic mass is 31.2. The SMILES string of the molecule is O=P(OCc1ccccc1)(OCc1ccccc1)OCc1ccccc1O. The Balaban J connectivity index is 1.68. The molecule has 140 valence electrons. The first-order valence-corrected chi connectivity index (χ1v) is 9.99. The molecule has 0 aromatic heterocycles. The average molecular weight is 384 g/mol. The average Bonchev–Trinajstić information content (AvgIpc) is 2.72. The van der Waals surface area contributed by atoms with E-state index in [0.717, 1.165) is 11.1 Å². The molecule has 3 aromatic rings. The molecule has 0 atom stereocenters. The molecule has 0 spiro atoms. The lowest BCUT2D eigenvalue weighted by molar-refractivity contribution is 0.0973. The van der Waals surface area contributed by atoms with Crippen molar-refractivity contribution < 1.29 is 23.2 Å². The van der Waals surface area contributed by atoms with Crippen LogP contribution < -0.4 is 0 Å². The van der Waals surface area contributed by atoms with Gasteiger partial charge in [-0.15, -0.1) is 0 Å². The standard InChI is InChI=1S/C21H21O5P/c22-21-14-8-7-13-20(21)17-26-27(23,24-15-18-9-3-1-4-10-18)25-16-19-11-5-2-6-12-19/h1-14,22H,15-17H2. The minimum atomic E-state index is -3.85. The number of phenolic OH excluding ortho intramolecular Hbond substituents is 1. The van der Waals surface area contributed by atoms with Gasteiger partial charge in [-0.25, -0.2) is 4.57 Å². The Morgan fingerprint density at radius 2 is 1.07 bits per heavy atom. The quantitative estimate of drug-likeness (QED) is 0.497. The van der Waals surface area contributed by atoms with E-state index in [0.29, 0.717) is 5.56 Å². The Hall–Kier alpha value is -2.43. The monoisotopic (exact) mass is 384 g/mol. The zero-order valence-corrected chi connectivity index (χ0v) is 15.6. The summed E-state index contributed by atoms with van der Waals surface area (Å²) in [4.78, 5) is 0. The van der Waals surface area contributed by atoms with Crippen molar-refractivity contribution in [3.63, 3.8) is 0 Å². The first-order chi connectivity index (χ1) is 13.1. The van der Waals surface area contributed by atoms with Crippen LogP contribution in [-0.4, -0.2) is 5.11 Å². The zero-order valence-electron chi connectivity index (χ0n) is 14.7. The lowest BCUT2D eigenvalue weighted by Crippen LogP contribution is -2.02. The molecular weight excluding hydrogens is 363 g/mol. The van der Waals surface area contributed by atoms with E-state index in [9.17, 15) is 9.67 Å². The number of hydrogen-bond acceptors (Lipinski definition) is 5. The van der Waals surface area contributed by atoms with Gasteiger partial charge in [0.1, 0.15) is 5.75 Å². The summed E-state index contributed by atoms with van der Waals surface area (Å²) in [7, 11) is -3.85. The van der Waals surface area contributed by atoms with Gasteiger partial charge in [-0.05, 0) is 17.2 Å². The van der Waals surface area contributed by atoms with Gasteiger partial charge >= 0.3 is 7.82 Å². The molecule has 0 fully saturated rings. The van der Waals surface area contributed by atoms with Crippen LogP contribution in [0.4, 0.5) is 0 Å². The van der Waals surface area contributed by atoms with Gasteiger partial charge in [-0.3, -0.25) is 13.6 Å². The third kappa shape index (κ3) is 6.05. The molecule has 3 rings (SSSR count). The van der Waals surface area contributed by atoms with Crippen LogP contribution in [0, 0.1) is 0 Å². The van der Waals surface area contributed by atoms with E-state index in [-0.39, 0.29) is 25.6 Å². The van der Waals surface area contributed by atoms with Crippen LogP contribution in [0.1, 0.15) is 16.7 Å². The molecule has 0 saturated carbocycles. The van der Waals surface area contributed by atoms with Crippen LogP contribution in [0.2, 0.25) is 0 Å². The molecule has 6 heteroatoms. The van der Waals surface area contributed by atoms with Gasteiger partial charge < -0.3 is 5.11 Å². The topological polar surface area (TPSA) is 65.0 Å². The fraction of sp³-hybridized carbons (Fsp3) is 0.143. The van der Waals surface area contributed by atoms with Crippen LogP contribution in [0.3, 0.4) is 0 Å². The molecule has 0 aliphatic heterocycles. The summed E-state index contributed by atoms with van der Waals surface area (Å²) in [6.45, 7) is 0.0922. The van der Waals surface area contributed by atoms with Crippen molar-refractivity contribution in [3.8, 4) is 5.75 Å². The minimum Gasteiger partial charge on any atom is -0.508 e. The van der Waals surface area contributed by atoms with Crippen molar-refractivity contribution in [1.29, 1.82) is 0 Å². The molecule has 27 heavy (non-hydrogen) atoms. The number of phosphoric acid groups is 1. The molecule has 0 unspecified atom stereocenters. The van der Waals surface area contributed by atoms with Gasteiger partial charge in [-0.1, -0.05) is 78.9 Å². The van der Waals surface area contributed by atoms with E-state index in [2.05, 4.69) is 0 Å². The Labute approximate surface area is 158 Å². The maximum atomic E-state index is 13.1. The van der Waals surface area contributed by atoms with Crippen molar-refractivity contribution in [1.82, 2.24) is 0 Å². The molecule has 3 aromatic carbocycles. The lowest BCUT2D eigenvalue weighted by atomic mass is 10.2. The molecule has 0 saturated heterocycles. The highest BCUT2D eigenvalue weighted by molar-refractivity contribution is 7.48. The predicted octanol–water partition coefficient (Wildman–Crippen LogP) is 5.45. The maximum Gasteiger partial charge on any atom is 0.475 e. The van der Waals surface area contributed by atoms with Gasteiger partial charge in [0, 0.05) is 5.56 Å². The second kappa shape index (κ2) is 9.49. The van der Waals surface area contributed by atoms with Crippen molar-refractivity contribution in [2.45, 2.75) is 19.8 Å². The second-order valence-electron chi connectivity index (χ2n) is 5.87. The molecule has 1 N–H and O–H groups in total. The Bertz CT molecular complexity index is 836. The number of phosphoric ester groups is 1. The van der Waals surface area contributed by atoms with Crippen LogP contribution in [0.5, 0.6) is 5.75 Å². The van der Waals surface area contributed by atoms with Crippen LogP contribution in [-0.2, 0) is 38.0 Å². The Morgan fingerprint density at radius 1 is 0.630 bits per heavy atom. The highest BCUT2D eigenvalue weighted by Gasteiger charge is 2.27. The van der Waals surface area contributed by atoms with Crippen LogP contribution in [0.15, 0.2) is 84.9 Å². The predicted molar refractivity (Wildman–Crippen MR) is 103 cm³/mol. The second-order valence-corrected chi connectivity index (χ2v) is 7.54. The fourth-order valence-electron chi connectivity index (χ4n) is 2.35. The number of aromatic hydroxyl groups is 1. The summed E-state index contributed by atoms with van der Waals surface area (Å²) in [5.74, 6) is 0.0650. The van der Waals surface area contributed by atoms with Crippen LogP contribution >= 0.6 is 7.82 Å². The number of phenols is 1. The summed E-state index contributed by atoms with van der Waals surface area (Å²) < 4.78 is 29.6. The molecule has 0 amide bonds. The van der Waals surface area contributed by atoms with Crippen molar-refractivity contribution >= 4 is 7.82 Å². The normalized spacial score (nSPS) is 11.4. The van der Waals surface area contributed by atoms with E-state index >= 15 is 0 Å². The summed E-state index contributed by atoms with van der Waals surface area (Å²) in [5, 5.41) is 9.87. The number of rotatable bonds is 9. The van der Waals surface area contributed by atoms with Gasteiger partial charge in [0.05, 0.1) is 19.8 Å². The van der Waals surface area contributed by atoms with Gasteiger partial charge in [0.25, 0.3) is 0 Å². The molecule has 0 aliphatic rings. The maximum absolute atomic E-state index is 13.1. The van der Waals surface area contributed by atoms with E-state index in [1.165, 1.54) is 0 Å². The van der Waals surface area contributed by atoms with Crippen molar-refractivity contribution in [3.05, 3.63) is 102 Å². The molecule has 0 aliphatic carbocycles. The van der Waals surface area contributed by atoms with E-state index in [4.69, 9.17) is 13.6 Å². The Morgan fingerprint density at radius 3 is 1.59 bits per heavy atom. The number of hydrogen-bond donors (Lipinski definition) is 1. The molecule has 0 bridgehead atoms. The highest BCUT2D eigenvalue weighted by Crippen LogP contribution is 2.51. The largest absolute Gasteiger partial charge is 0.508 e. The summed E-state index contributed by atoms with van der Waals surface area (Å²) in [5.41, 5.74) is 2.21. The minimum absolute atomic E-state index is 0.0650. The van der Waals surface area contributed by atoms with Crippen molar-refractivity contribution in [2.24, 2.45) is 0 Å². The lowest BCUT2D eigenvalue weighted by Gasteiger charge is -2.18. The summed E-state index contributed by atoms with van der Waals surface area (Å²) in [6, 6.07) is 25.4. The fourth-order valence-corrected chi connectivity index (χ4v) is 3.48. The van der Waals surface area contributed by atoms with E-state index < -0.39 is 7.82 Å². The number of benzene rings is 3. The molecule has 0 heterocycles. The number of para-hydroxylation sites is 1. The molecule has 5 nitrogen and oxygen atoms in total. The molecular formula is C21H21O5P. The molecule has 0 radical (unpaired) electrons. The first-order valence-electron chi connectivity index (χ1n) is 8.53. The zero-order chi connectivity index (χ0) is 19.0. The third-order valence-corrected chi connectivity index (χ3v) is 5.17. The summed E-state index contributed by atoms with van der Waals surface area (Å²) in [6.07, 6.45) is 0. The third-order valence-electron chi connectivity index (χ3n) is 3.83. The van der Waals surface area contributed by atoms with Gasteiger partial charge in [0.15, 0.2) is 0 Å².